The Morgan fingerprint density at radius 1 is 1.19 bits per heavy atom. The molecule has 7 rings (SSSR count). The molecule has 7 heteroatoms. The second-order valence-electron chi connectivity index (χ2n) is 14.3. The molecule has 3 saturated carbocycles. The van der Waals surface area contributed by atoms with Gasteiger partial charge in [-0.15, -0.1) is 4.91 Å². The summed E-state index contributed by atoms with van der Waals surface area (Å²) >= 11 is 0. The van der Waals surface area contributed by atoms with Gasteiger partial charge in [0.25, 0.3) is 0 Å². The van der Waals surface area contributed by atoms with E-state index in [1.54, 1.807) is 0 Å². The van der Waals surface area contributed by atoms with Gasteiger partial charge in [-0.25, -0.2) is 0 Å². The maximum atomic E-state index is 12.0. The molecule has 7 atom stereocenters. The highest BCUT2D eigenvalue weighted by Crippen LogP contribution is 2.76. The van der Waals surface area contributed by atoms with Crippen molar-refractivity contribution in [2.45, 2.75) is 102 Å². The highest BCUT2D eigenvalue weighted by molar-refractivity contribution is 5.88. The van der Waals surface area contributed by atoms with Crippen molar-refractivity contribution in [1.82, 2.24) is 0 Å². The van der Waals surface area contributed by atoms with Crippen LogP contribution in [0.2, 0.25) is 0 Å². The second kappa shape index (κ2) is 10.7. The lowest BCUT2D eigenvalue weighted by Crippen LogP contribution is -2.73. The van der Waals surface area contributed by atoms with Gasteiger partial charge in [-0.3, -0.25) is 4.79 Å². The average molecular weight is 587 g/mol. The van der Waals surface area contributed by atoms with E-state index in [0.717, 1.165) is 60.9 Å². The van der Waals surface area contributed by atoms with Crippen molar-refractivity contribution in [1.29, 1.82) is 0 Å². The first kappa shape index (κ1) is 29.0. The van der Waals surface area contributed by atoms with Crippen molar-refractivity contribution in [3.63, 3.8) is 0 Å². The SMILES string of the molecule is CCC12CC(CCOCc3cccc(NC(C)=O)c3)C(C)(OC)C3Oc4c(N=O)ccc5c4C31CCC(CC1CC1)C2C5. The lowest BCUT2D eigenvalue weighted by atomic mass is 9.35. The van der Waals surface area contributed by atoms with Gasteiger partial charge >= 0.3 is 0 Å². The summed E-state index contributed by atoms with van der Waals surface area (Å²) in [6.45, 7) is 7.27. The van der Waals surface area contributed by atoms with Crippen molar-refractivity contribution in [3.8, 4) is 5.75 Å². The molecule has 43 heavy (non-hydrogen) atoms. The molecule has 3 fully saturated rings. The first-order chi connectivity index (χ1) is 20.8. The molecule has 230 valence electrons. The van der Waals surface area contributed by atoms with E-state index < -0.39 is 5.60 Å². The van der Waals surface area contributed by atoms with Crippen molar-refractivity contribution < 1.29 is 19.0 Å². The van der Waals surface area contributed by atoms with E-state index in [0.29, 0.717) is 24.8 Å². The summed E-state index contributed by atoms with van der Waals surface area (Å²) in [4.78, 5) is 23.5. The van der Waals surface area contributed by atoms with Crippen LogP contribution in [-0.2, 0) is 32.7 Å². The van der Waals surface area contributed by atoms with E-state index in [1.807, 2.05) is 37.4 Å². The Balaban J connectivity index is 1.21. The first-order valence-corrected chi connectivity index (χ1v) is 16.5. The predicted molar refractivity (Wildman–Crippen MR) is 167 cm³/mol. The van der Waals surface area contributed by atoms with E-state index in [9.17, 15) is 9.70 Å². The lowest BCUT2D eigenvalue weighted by molar-refractivity contribution is -0.234. The number of nitrogens with one attached hydrogen (secondary N) is 1. The molecule has 1 heterocycles. The summed E-state index contributed by atoms with van der Waals surface area (Å²) in [6, 6.07) is 11.9. The molecule has 2 aromatic carbocycles. The van der Waals surface area contributed by atoms with Crippen LogP contribution in [0.5, 0.6) is 5.75 Å². The number of rotatable bonds is 11. The number of ether oxygens (including phenoxy) is 3. The Morgan fingerprint density at radius 2 is 2.02 bits per heavy atom. The molecular formula is C36H46N2O5. The van der Waals surface area contributed by atoms with Crippen LogP contribution in [0.3, 0.4) is 0 Å². The van der Waals surface area contributed by atoms with Crippen LogP contribution in [0.1, 0.15) is 88.8 Å². The molecule has 7 unspecified atom stereocenters. The van der Waals surface area contributed by atoms with Crippen LogP contribution in [0, 0.1) is 34.0 Å². The minimum Gasteiger partial charge on any atom is -0.484 e. The molecule has 0 saturated heterocycles. The first-order valence-electron chi connectivity index (χ1n) is 16.5. The molecule has 5 aliphatic rings. The number of carbonyl (C=O) groups is 1. The molecule has 1 amide bonds. The summed E-state index contributed by atoms with van der Waals surface area (Å²) < 4.78 is 19.8. The maximum Gasteiger partial charge on any atom is 0.221 e. The zero-order chi connectivity index (χ0) is 30.0. The molecule has 4 aliphatic carbocycles. The van der Waals surface area contributed by atoms with Gasteiger partial charge in [-0.2, -0.15) is 0 Å². The average Bonchev–Trinajstić information content (AvgIpc) is 3.75. The zero-order valence-corrected chi connectivity index (χ0v) is 26.1. The van der Waals surface area contributed by atoms with E-state index in [-0.39, 0.29) is 28.8 Å². The molecular weight excluding hydrogens is 540 g/mol. The van der Waals surface area contributed by atoms with Gasteiger partial charge in [0.15, 0.2) is 5.75 Å². The monoisotopic (exact) mass is 586 g/mol. The fraction of sp³-hybridized carbons (Fsp3) is 0.639. The molecule has 2 bridgehead atoms. The summed E-state index contributed by atoms with van der Waals surface area (Å²) in [7, 11) is 1.84. The van der Waals surface area contributed by atoms with Crippen molar-refractivity contribution in [3.05, 3.63) is 58.0 Å². The molecule has 1 spiro atoms. The van der Waals surface area contributed by atoms with Crippen LogP contribution < -0.4 is 10.1 Å². The number of hydrogen-bond donors (Lipinski definition) is 1. The zero-order valence-electron chi connectivity index (χ0n) is 26.1. The summed E-state index contributed by atoms with van der Waals surface area (Å²) in [5, 5.41) is 6.30. The highest BCUT2D eigenvalue weighted by Gasteiger charge is 2.76. The fourth-order valence-corrected chi connectivity index (χ4v) is 10.4. The van der Waals surface area contributed by atoms with Gasteiger partial charge in [0, 0.05) is 37.3 Å². The fourth-order valence-electron chi connectivity index (χ4n) is 10.4. The number of methoxy groups -OCH3 is 1. The maximum absolute atomic E-state index is 12.0. The quantitative estimate of drug-likeness (QED) is 0.214. The third-order valence-electron chi connectivity index (χ3n) is 12.4. The van der Waals surface area contributed by atoms with E-state index >= 15 is 0 Å². The summed E-state index contributed by atoms with van der Waals surface area (Å²) in [6.07, 6.45) is 10.4. The van der Waals surface area contributed by atoms with Crippen LogP contribution >= 0.6 is 0 Å². The van der Waals surface area contributed by atoms with Gasteiger partial charge < -0.3 is 19.5 Å². The van der Waals surface area contributed by atoms with Crippen LogP contribution in [-0.4, -0.2) is 31.3 Å². The minimum absolute atomic E-state index is 0.0804. The molecule has 2 aromatic rings. The standard InChI is InChI=1S/C36H46N2O5/c1-5-35-20-27(14-16-42-21-24-7-6-8-28(18-24)37-22(2)39)34(3,41-4)33-36(35)15-13-25(17-23-9-10-23)29(35)19-26-11-12-30(38-40)32(43-33)31(26)36/h6-8,11-12,18,23,25,27,29,33H,5,9-10,13-17,19-21H2,1-4H3,(H,37,39). The summed E-state index contributed by atoms with van der Waals surface area (Å²) in [5.74, 6) is 3.14. The van der Waals surface area contributed by atoms with Gasteiger partial charge in [-0.05, 0) is 115 Å². The van der Waals surface area contributed by atoms with Crippen LogP contribution in [0.15, 0.2) is 41.6 Å². The van der Waals surface area contributed by atoms with Crippen molar-refractivity contribution in [2.24, 2.45) is 34.3 Å². The number of nitrogens with zero attached hydrogens (tertiary/aromatic N) is 1. The number of amides is 1. The van der Waals surface area contributed by atoms with Crippen LogP contribution in [0.25, 0.3) is 0 Å². The predicted octanol–water partition coefficient (Wildman–Crippen LogP) is 7.85. The van der Waals surface area contributed by atoms with E-state index in [4.69, 9.17) is 14.2 Å². The molecule has 1 aliphatic heterocycles. The molecule has 0 aromatic heterocycles. The summed E-state index contributed by atoms with van der Waals surface area (Å²) in [5.41, 5.74) is 4.31. The van der Waals surface area contributed by atoms with Gasteiger partial charge in [0.2, 0.25) is 5.91 Å². The molecule has 7 nitrogen and oxygen atoms in total. The number of anilines is 1. The Morgan fingerprint density at radius 3 is 2.74 bits per heavy atom. The molecule has 1 N–H and O–H groups in total. The largest absolute Gasteiger partial charge is 0.484 e. The van der Waals surface area contributed by atoms with Gasteiger partial charge in [-0.1, -0.05) is 38.0 Å². The number of benzene rings is 2. The number of nitroso groups, excluding NO2 is 1. The van der Waals surface area contributed by atoms with Crippen molar-refractivity contribution >= 4 is 17.3 Å². The highest BCUT2D eigenvalue weighted by atomic mass is 16.6. The lowest BCUT2D eigenvalue weighted by Gasteiger charge is -2.69. The topological polar surface area (TPSA) is 86.2 Å². The smallest absolute Gasteiger partial charge is 0.221 e. The Labute approximate surface area is 255 Å². The number of carbonyl (C=O) groups excluding carboxylic acids is 1. The third-order valence-corrected chi connectivity index (χ3v) is 12.4. The molecule has 0 radical (unpaired) electrons. The van der Waals surface area contributed by atoms with Gasteiger partial charge in [0.05, 0.1) is 6.61 Å². The number of hydrogen-bond acceptors (Lipinski definition) is 6. The Bertz CT molecular complexity index is 1420. The minimum atomic E-state index is -0.533. The Kier molecular flexibility index (Phi) is 7.20. The van der Waals surface area contributed by atoms with E-state index in [2.05, 4.69) is 30.4 Å². The Hall–Kier alpha value is -2.77. The third kappa shape index (κ3) is 4.32. The normalized spacial score (nSPS) is 35.2. The second-order valence-corrected chi connectivity index (χ2v) is 14.3. The van der Waals surface area contributed by atoms with E-state index in [1.165, 1.54) is 43.7 Å². The van der Waals surface area contributed by atoms with Gasteiger partial charge in [0.1, 0.15) is 17.4 Å². The van der Waals surface area contributed by atoms with Crippen molar-refractivity contribution in [2.75, 3.05) is 19.0 Å². The van der Waals surface area contributed by atoms with Crippen LogP contribution in [0.4, 0.5) is 11.4 Å².